The Morgan fingerprint density at radius 3 is 2.04 bits per heavy atom. The molecule has 2 saturated heterocycles. The van der Waals surface area contributed by atoms with Crippen molar-refractivity contribution >= 4 is 15.9 Å². The van der Waals surface area contributed by atoms with Crippen LogP contribution < -0.4 is 0 Å². The molecule has 2 aliphatic heterocycles. The van der Waals surface area contributed by atoms with Crippen LogP contribution >= 0.6 is 15.9 Å². The van der Waals surface area contributed by atoms with Crippen molar-refractivity contribution in [2.24, 2.45) is 0 Å². The second-order valence-corrected chi connectivity index (χ2v) is 7.15. The average Bonchev–Trinajstić information content (AvgIpc) is 2.62. The first kappa shape index (κ1) is 22.3. The summed E-state index contributed by atoms with van der Waals surface area (Å²) in [5.41, 5.74) is 0. The van der Waals surface area contributed by atoms with Crippen LogP contribution in [0.1, 0.15) is 6.42 Å². The van der Waals surface area contributed by atoms with E-state index in [4.69, 9.17) is 14.2 Å². The van der Waals surface area contributed by atoms with E-state index in [1.165, 1.54) is 0 Å². The molecule has 2 aliphatic rings. The predicted molar refractivity (Wildman–Crippen MR) is 86.0 cm³/mol. The summed E-state index contributed by atoms with van der Waals surface area (Å²) in [6.45, 7) is -1.37. The predicted octanol–water partition coefficient (Wildman–Crippen LogP) is -4.24. The van der Waals surface area contributed by atoms with E-state index in [1.807, 2.05) is 0 Å². The Bertz CT molecular complexity index is 453. The summed E-state index contributed by atoms with van der Waals surface area (Å²) in [4.78, 5) is 0. The van der Waals surface area contributed by atoms with Crippen molar-refractivity contribution in [2.75, 3.05) is 18.5 Å². The maximum absolute atomic E-state index is 10.3. The number of halogens is 1. The molecule has 0 radical (unpaired) electrons. The lowest BCUT2D eigenvalue weighted by atomic mass is 9.90. The number of hydrogen-bond acceptors (Lipinski definition) is 11. The molecule has 0 aromatic carbocycles. The van der Waals surface area contributed by atoms with Crippen molar-refractivity contribution in [3.63, 3.8) is 0 Å². The monoisotopic (exact) mass is 448 g/mol. The molecular formula is C14H25BrO11. The van der Waals surface area contributed by atoms with Gasteiger partial charge in [-0.2, -0.15) is 0 Å². The van der Waals surface area contributed by atoms with E-state index in [1.54, 1.807) is 0 Å². The lowest BCUT2D eigenvalue weighted by Gasteiger charge is -2.49. The quantitative estimate of drug-likeness (QED) is 0.183. The van der Waals surface area contributed by atoms with Gasteiger partial charge in [-0.3, -0.25) is 0 Å². The zero-order valence-electron chi connectivity index (χ0n) is 13.7. The Hall–Kier alpha value is 0.0400. The fraction of sp³-hybridized carbons (Fsp3) is 1.00. The first-order valence-corrected chi connectivity index (χ1v) is 9.21. The van der Waals surface area contributed by atoms with Crippen molar-refractivity contribution in [1.82, 2.24) is 0 Å². The molecule has 2 rings (SSSR count). The van der Waals surface area contributed by atoms with Gasteiger partial charge in [-0.15, -0.1) is 0 Å². The van der Waals surface area contributed by atoms with Gasteiger partial charge in [0, 0.05) is 11.8 Å². The molecule has 0 saturated carbocycles. The van der Waals surface area contributed by atoms with Crippen LogP contribution in [0.4, 0.5) is 0 Å². The molecular weight excluding hydrogens is 424 g/mol. The maximum atomic E-state index is 10.3. The van der Waals surface area contributed by atoms with E-state index >= 15 is 0 Å². The fourth-order valence-electron chi connectivity index (χ4n) is 3.05. The molecule has 2 heterocycles. The third-order valence-electron chi connectivity index (χ3n) is 4.62. The number of rotatable bonds is 6. The van der Waals surface area contributed by atoms with Crippen molar-refractivity contribution in [3.8, 4) is 0 Å². The number of alkyl halides is 1. The van der Waals surface area contributed by atoms with E-state index < -0.39 is 74.1 Å². The van der Waals surface area contributed by atoms with E-state index in [0.29, 0.717) is 0 Å². The van der Waals surface area contributed by atoms with E-state index in [9.17, 15) is 40.9 Å². The standard InChI is InChI=1S/C14H25BrO11/c15-2-1-14(23)12(22)10(21)11(6(4-17)26-14)25-13-9(20)8(19)7(18)5(3-16)24-13/h5-13,16-23H,1-4H2/t5-,6-,7+,8+,9-,10+,11-,12-,13+,14?/m1/s1. The molecule has 8 N–H and O–H groups in total. The molecule has 26 heavy (non-hydrogen) atoms. The minimum absolute atomic E-state index is 0.0888. The van der Waals surface area contributed by atoms with Gasteiger partial charge in [0.05, 0.1) is 13.2 Å². The largest absolute Gasteiger partial charge is 0.394 e. The third kappa shape index (κ3) is 4.21. The van der Waals surface area contributed by atoms with E-state index in [-0.39, 0.29) is 11.8 Å². The first-order valence-electron chi connectivity index (χ1n) is 8.09. The van der Waals surface area contributed by atoms with Gasteiger partial charge in [0.2, 0.25) is 0 Å². The van der Waals surface area contributed by atoms with Gasteiger partial charge in [0.1, 0.15) is 48.8 Å². The van der Waals surface area contributed by atoms with E-state index in [0.717, 1.165) is 0 Å². The first-order chi connectivity index (χ1) is 12.2. The van der Waals surface area contributed by atoms with Crippen LogP contribution in [0.5, 0.6) is 0 Å². The second kappa shape index (κ2) is 9.03. The molecule has 0 aliphatic carbocycles. The highest BCUT2D eigenvalue weighted by atomic mass is 79.9. The molecule has 0 spiro atoms. The molecule has 0 amide bonds. The fourth-order valence-corrected chi connectivity index (χ4v) is 3.62. The Balaban J connectivity index is 2.16. The minimum Gasteiger partial charge on any atom is -0.394 e. The number of aliphatic hydroxyl groups is 8. The normalized spacial score (nSPS) is 50.0. The molecule has 0 bridgehead atoms. The summed E-state index contributed by atoms with van der Waals surface area (Å²) in [7, 11) is 0. The number of aliphatic hydroxyl groups excluding tert-OH is 7. The zero-order valence-corrected chi connectivity index (χ0v) is 15.3. The number of ether oxygens (including phenoxy) is 3. The SMILES string of the molecule is OC[C@H]1O[C@@H](O[C@H]2[C@H](O)[C@@H](O)C(O)(CCBr)O[C@@H]2CO)[C@H](O)[C@@H](O)[C@H]1O. The smallest absolute Gasteiger partial charge is 0.195 e. The van der Waals surface area contributed by atoms with Crippen LogP contribution in [0.25, 0.3) is 0 Å². The highest BCUT2D eigenvalue weighted by Crippen LogP contribution is 2.34. The third-order valence-corrected chi connectivity index (χ3v) is 5.01. The van der Waals surface area contributed by atoms with E-state index in [2.05, 4.69) is 15.9 Å². The highest BCUT2D eigenvalue weighted by molar-refractivity contribution is 9.09. The van der Waals surface area contributed by atoms with Crippen LogP contribution in [0, 0.1) is 0 Å². The van der Waals surface area contributed by atoms with Gasteiger partial charge in [0.25, 0.3) is 0 Å². The van der Waals surface area contributed by atoms with Crippen LogP contribution in [-0.4, -0.2) is 120 Å². The Morgan fingerprint density at radius 1 is 0.885 bits per heavy atom. The molecule has 0 aromatic heterocycles. The molecule has 10 atom stereocenters. The van der Waals surface area contributed by atoms with Crippen LogP contribution in [0.15, 0.2) is 0 Å². The average molecular weight is 449 g/mol. The van der Waals surface area contributed by atoms with Gasteiger partial charge in [-0.25, -0.2) is 0 Å². The number of hydrogen-bond donors (Lipinski definition) is 8. The minimum atomic E-state index is -2.13. The van der Waals surface area contributed by atoms with Crippen molar-refractivity contribution < 1.29 is 55.1 Å². The molecule has 11 nitrogen and oxygen atoms in total. The van der Waals surface area contributed by atoms with Crippen molar-refractivity contribution in [1.29, 1.82) is 0 Å². The molecule has 1 unspecified atom stereocenters. The van der Waals surface area contributed by atoms with Crippen molar-refractivity contribution in [3.05, 3.63) is 0 Å². The Morgan fingerprint density at radius 2 is 1.50 bits per heavy atom. The molecule has 0 aromatic rings. The summed E-state index contributed by atoms with van der Waals surface area (Å²) < 4.78 is 15.8. The highest BCUT2D eigenvalue weighted by Gasteiger charge is 2.55. The summed E-state index contributed by atoms with van der Waals surface area (Å²) in [5.74, 6) is -2.13. The van der Waals surface area contributed by atoms with Gasteiger partial charge in [-0.05, 0) is 0 Å². The second-order valence-electron chi connectivity index (χ2n) is 6.36. The summed E-state index contributed by atoms with van der Waals surface area (Å²) in [5, 5.41) is 79.3. The van der Waals surface area contributed by atoms with Gasteiger partial charge in [0.15, 0.2) is 12.1 Å². The lowest BCUT2D eigenvalue weighted by Crippen LogP contribution is -2.68. The van der Waals surface area contributed by atoms with Crippen LogP contribution in [-0.2, 0) is 14.2 Å². The molecule has 12 heteroatoms. The summed E-state index contributed by atoms with van der Waals surface area (Å²) in [6.07, 6.45) is -14.2. The topological polar surface area (TPSA) is 190 Å². The van der Waals surface area contributed by atoms with Crippen molar-refractivity contribution in [2.45, 2.75) is 67.3 Å². The summed E-state index contributed by atoms with van der Waals surface area (Å²) in [6, 6.07) is 0. The maximum Gasteiger partial charge on any atom is 0.195 e. The Labute approximate surface area is 157 Å². The van der Waals surface area contributed by atoms with Crippen LogP contribution in [0.3, 0.4) is 0 Å². The van der Waals surface area contributed by atoms with Crippen LogP contribution in [0.2, 0.25) is 0 Å². The van der Waals surface area contributed by atoms with Gasteiger partial charge in [-0.1, -0.05) is 15.9 Å². The zero-order chi connectivity index (χ0) is 19.6. The Kier molecular flexibility index (Phi) is 7.75. The van der Waals surface area contributed by atoms with Gasteiger partial charge >= 0.3 is 0 Å². The molecule has 2 fully saturated rings. The summed E-state index contributed by atoms with van der Waals surface area (Å²) >= 11 is 3.08. The lowest BCUT2D eigenvalue weighted by molar-refractivity contribution is -0.383. The van der Waals surface area contributed by atoms with Gasteiger partial charge < -0.3 is 55.1 Å². The molecule has 154 valence electrons.